The molecule has 0 fully saturated rings. The molecule has 2 aliphatic rings. The number of amides is 1. The maximum Gasteiger partial charge on any atom is 0.287 e. The van der Waals surface area contributed by atoms with Gasteiger partial charge in [-0.3, -0.25) is 4.79 Å². The number of ether oxygens (including phenoxy) is 3. The minimum atomic E-state index is -0.272. The minimum absolute atomic E-state index is 0.230. The van der Waals surface area contributed by atoms with Crippen molar-refractivity contribution in [1.29, 1.82) is 0 Å². The molecule has 3 aromatic rings. The van der Waals surface area contributed by atoms with Crippen LogP contribution in [0.25, 0.3) is 0 Å². The number of rotatable bonds is 6. The molecule has 6 nitrogen and oxygen atoms in total. The van der Waals surface area contributed by atoms with Crippen LogP contribution < -0.4 is 19.5 Å². The van der Waals surface area contributed by atoms with Crippen molar-refractivity contribution >= 4 is 5.91 Å². The van der Waals surface area contributed by atoms with Crippen LogP contribution in [0.5, 0.6) is 17.2 Å². The lowest BCUT2D eigenvalue weighted by atomic mass is 10.1. The predicted molar refractivity (Wildman–Crippen MR) is 105 cm³/mol. The van der Waals surface area contributed by atoms with Crippen molar-refractivity contribution in [3.63, 3.8) is 0 Å². The molecule has 1 aliphatic carbocycles. The second kappa shape index (κ2) is 7.54. The van der Waals surface area contributed by atoms with E-state index in [0.717, 1.165) is 29.9 Å². The van der Waals surface area contributed by atoms with Gasteiger partial charge in [-0.15, -0.1) is 0 Å². The molecule has 1 amide bonds. The van der Waals surface area contributed by atoms with E-state index in [2.05, 4.69) is 17.4 Å². The molecular formula is C23H21NO5. The van der Waals surface area contributed by atoms with Gasteiger partial charge in [0.25, 0.3) is 5.91 Å². The van der Waals surface area contributed by atoms with Crippen LogP contribution in [-0.2, 0) is 26.0 Å². The van der Waals surface area contributed by atoms with Gasteiger partial charge in [0.05, 0.1) is 0 Å². The summed E-state index contributed by atoms with van der Waals surface area (Å²) < 4.78 is 22.1. The van der Waals surface area contributed by atoms with E-state index in [4.69, 9.17) is 18.6 Å². The zero-order valence-electron chi connectivity index (χ0n) is 15.9. The lowest BCUT2D eigenvalue weighted by Crippen LogP contribution is -2.22. The second-order valence-corrected chi connectivity index (χ2v) is 7.21. The average Bonchev–Trinajstić information content (AvgIpc) is 3.50. The van der Waals surface area contributed by atoms with Crippen LogP contribution in [0.2, 0.25) is 0 Å². The fourth-order valence-electron chi connectivity index (χ4n) is 3.69. The molecule has 148 valence electrons. The van der Waals surface area contributed by atoms with Crippen LogP contribution >= 0.6 is 0 Å². The Morgan fingerprint density at radius 2 is 1.86 bits per heavy atom. The second-order valence-electron chi connectivity index (χ2n) is 7.21. The van der Waals surface area contributed by atoms with Crippen LogP contribution in [0.1, 0.15) is 39.4 Å². The lowest BCUT2D eigenvalue weighted by Gasteiger charge is -2.07. The Balaban J connectivity index is 1.16. The third-order valence-corrected chi connectivity index (χ3v) is 5.23. The average molecular weight is 391 g/mol. The summed E-state index contributed by atoms with van der Waals surface area (Å²) >= 11 is 0. The molecule has 1 N–H and O–H groups in total. The molecule has 2 heterocycles. The van der Waals surface area contributed by atoms with E-state index in [1.165, 1.54) is 17.5 Å². The summed E-state index contributed by atoms with van der Waals surface area (Å²) in [5, 5.41) is 2.85. The third kappa shape index (κ3) is 3.78. The van der Waals surface area contributed by atoms with Gasteiger partial charge in [0, 0.05) is 6.54 Å². The summed E-state index contributed by atoms with van der Waals surface area (Å²) in [4.78, 5) is 12.4. The summed E-state index contributed by atoms with van der Waals surface area (Å²) in [7, 11) is 0. The summed E-state index contributed by atoms with van der Waals surface area (Å²) in [6.07, 6.45) is 3.47. The number of aryl methyl sites for hydroxylation is 2. The van der Waals surface area contributed by atoms with E-state index in [-0.39, 0.29) is 25.1 Å². The highest BCUT2D eigenvalue weighted by Crippen LogP contribution is 2.32. The highest BCUT2D eigenvalue weighted by atomic mass is 16.7. The number of benzene rings is 2. The van der Waals surface area contributed by atoms with E-state index < -0.39 is 0 Å². The van der Waals surface area contributed by atoms with Crippen LogP contribution in [-0.4, -0.2) is 12.7 Å². The first-order valence-electron chi connectivity index (χ1n) is 9.75. The van der Waals surface area contributed by atoms with Gasteiger partial charge >= 0.3 is 0 Å². The minimum Gasteiger partial charge on any atom is -0.486 e. The Bertz CT molecular complexity index is 1060. The summed E-state index contributed by atoms with van der Waals surface area (Å²) in [5.74, 6) is 2.85. The molecule has 0 bridgehead atoms. The van der Waals surface area contributed by atoms with Gasteiger partial charge in [-0.05, 0) is 72.4 Å². The number of hydrogen-bond donors (Lipinski definition) is 1. The predicted octanol–water partition coefficient (Wildman–Crippen LogP) is 4.01. The highest BCUT2D eigenvalue weighted by Gasteiger charge is 2.15. The Morgan fingerprint density at radius 1 is 0.966 bits per heavy atom. The van der Waals surface area contributed by atoms with E-state index in [1.807, 2.05) is 24.3 Å². The molecule has 6 heteroatoms. The number of furan rings is 1. The highest BCUT2D eigenvalue weighted by molar-refractivity contribution is 5.91. The smallest absolute Gasteiger partial charge is 0.287 e. The maximum absolute atomic E-state index is 12.4. The van der Waals surface area contributed by atoms with E-state index in [9.17, 15) is 4.79 Å². The van der Waals surface area contributed by atoms with Crippen molar-refractivity contribution in [2.24, 2.45) is 0 Å². The van der Waals surface area contributed by atoms with Crippen molar-refractivity contribution in [3.8, 4) is 17.2 Å². The van der Waals surface area contributed by atoms with Crippen molar-refractivity contribution in [2.75, 3.05) is 6.79 Å². The SMILES string of the molecule is O=C(NCc1ccc2c(c1)OCO2)c1ccc(COc2ccc3c(c2)CCC3)o1. The quantitative estimate of drug-likeness (QED) is 0.688. The molecule has 0 saturated heterocycles. The zero-order valence-corrected chi connectivity index (χ0v) is 15.9. The zero-order chi connectivity index (χ0) is 19.6. The van der Waals surface area contributed by atoms with Gasteiger partial charge in [-0.2, -0.15) is 0 Å². The molecule has 29 heavy (non-hydrogen) atoms. The van der Waals surface area contributed by atoms with Crippen molar-refractivity contribution in [1.82, 2.24) is 5.32 Å². The first-order valence-corrected chi connectivity index (χ1v) is 9.75. The van der Waals surface area contributed by atoms with E-state index in [1.54, 1.807) is 12.1 Å². The van der Waals surface area contributed by atoms with E-state index in [0.29, 0.717) is 18.1 Å². The fraction of sp³-hybridized carbons (Fsp3) is 0.261. The first kappa shape index (κ1) is 17.7. The van der Waals surface area contributed by atoms with Crippen LogP contribution in [0, 0.1) is 0 Å². The van der Waals surface area contributed by atoms with Gasteiger partial charge in [-0.1, -0.05) is 12.1 Å². The summed E-state index contributed by atoms with van der Waals surface area (Å²) in [5.41, 5.74) is 3.71. The van der Waals surface area contributed by atoms with Crippen molar-refractivity contribution < 1.29 is 23.4 Å². The topological polar surface area (TPSA) is 69.9 Å². The Labute approximate surface area is 168 Å². The Morgan fingerprint density at radius 3 is 2.83 bits per heavy atom. The normalized spacial score (nSPS) is 13.9. The van der Waals surface area contributed by atoms with Crippen LogP contribution in [0.4, 0.5) is 0 Å². The van der Waals surface area contributed by atoms with Gasteiger partial charge in [0.2, 0.25) is 6.79 Å². The van der Waals surface area contributed by atoms with Gasteiger partial charge in [0.1, 0.15) is 18.1 Å². The number of carbonyl (C=O) groups excluding carboxylic acids is 1. The molecule has 1 aliphatic heterocycles. The van der Waals surface area contributed by atoms with Crippen molar-refractivity contribution in [3.05, 3.63) is 76.7 Å². The fourth-order valence-corrected chi connectivity index (χ4v) is 3.69. The van der Waals surface area contributed by atoms with Crippen LogP contribution in [0.3, 0.4) is 0 Å². The molecule has 0 saturated carbocycles. The monoisotopic (exact) mass is 391 g/mol. The summed E-state index contributed by atoms with van der Waals surface area (Å²) in [6, 6.07) is 15.3. The maximum atomic E-state index is 12.4. The Hall–Kier alpha value is -3.41. The first-order chi connectivity index (χ1) is 14.2. The molecule has 5 rings (SSSR count). The summed E-state index contributed by atoms with van der Waals surface area (Å²) in [6.45, 7) is 0.888. The number of fused-ring (bicyclic) bond motifs is 2. The number of hydrogen-bond acceptors (Lipinski definition) is 5. The molecular weight excluding hydrogens is 370 g/mol. The molecule has 2 aromatic carbocycles. The van der Waals surface area contributed by atoms with Crippen molar-refractivity contribution in [2.45, 2.75) is 32.4 Å². The Kier molecular flexibility index (Phi) is 4.60. The third-order valence-electron chi connectivity index (χ3n) is 5.23. The van der Waals surface area contributed by atoms with Gasteiger partial charge in [-0.25, -0.2) is 0 Å². The molecule has 0 radical (unpaired) electrons. The number of carbonyl (C=O) groups is 1. The molecule has 0 atom stereocenters. The molecule has 1 aromatic heterocycles. The molecule has 0 unspecified atom stereocenters. The lowest BCUT2D eigenvalue weighted by molar-refractivity contribution is 0.0919. The van der Waals surface area contributed by atoms with Crippen LogP contribution in [0.15, 0.2) is 52.9 Å². The standard InChI is InChI=1S/C23H21NO5/c25-23(24-12-15-4-8-20-22(10-15)28-14-27-20)21-9-7-19(29-21)13-26-18-6-5-16-2-1-3-17(16)11-18/h4-11H,1-3,12-14H2,(H,24,25). The number of nitrogens with one attached hydrogen (secondary N) is 1. The largest absolute Gasteiger partial charge is 0.486 e. The van der Waals surface area contributed by atoms with Gasteiger partial charge in [0.15, 0.2) is 17.3 Å². The van der Waals surface area contributed by atoms with E-state index >= 15 is 0 Å². The van der Waals surface area contributed by atoms with Gasteiger partial charge < -0.3 is 23.9 Å². The molecule has 0 spiro atoms.